The molecule has 3 aliphatic rings. The Balaban J connectivity index is 1.33. The second kappa shape index (κ2) is 6.14. The summed E-state index contributed by atoms with van der Waals surface area (Å²) in [7, 11) is 2.14. The summed E-state index contributed by atoms with van der Waals surface area (Å²) < 4.78 is 0. The summed E-state index contributed by atoms with van der Waals surface area (Å²) >= 11 is 1.53. The van der Waals surface area contributed by atoms with Gasteiger partial charge in [-0.05, 0) is 48.4 Å². The van der Waals surface area contributed by atoms with E-state index in [0.717, 1.165) is 34.3 Å². The van der Waals surface area contributed by atoms with E-state index in [1.54, 1.807) is 6.20 Å². The number of carbonyl (C=O) groups is 1. The lowest BCUT2D eigenvalue weighted by atomic mass is 9.61. The number of nitrogens with one attached hydrogen (secondary N) is 1. The molecule has 1 aromatic carbocycles. The zero-order valence-corrected chi connectivity index (χ0v) is 15.4. The average Bonchev–Trinajstić information content (AvgIpc) is 3.09. The second-order valence-corrected chi connectivity index (χ2v) is 8.49. The quantitative estimate of drug-likeness (QED) is 0.773. The third-order valence-corrected chi connectivity index (χ3v) is 6.64. The van der Waals surface area contributed by atoms with Crippen LogP contribution in [0.2, 0.25) is 0 Å². The number of hydrogen-bond donors (Lipinski definition) is 1. The van der Waals surface area contributed by atoms with Gasteiger partial charge in [0.05, 0.1) is 4.88 Å². The Kier molecular flexibility index (Phi) is 3.76. The van der Waals surface area contributed by atoms with Crippen LogP contribution in [-0.2, 0) is 4.79 Å². The molecular weight excluding hydrogens is 344 g/mol. The molecule has 3 atom stereocenters. The fourth-order valence-electron chi connectivity index (χ4n) is 4.44. The molecule has 1 amide bonds. The van der Waals surface area contributed by atoms with E-state index in [1.807, 2.05) is 18.5 Å². The molecule has 0 spiro atoms. The smallest absolute Gasteiger partial charge is 0.229 e. The first-order valence-corrected chi connectivity index (χ1v) is 9.78. The highest BCUT2D eigenvalue weighted by molar-refractivity contribution is 7.19. The zero-order valence-electron chi connectivity index (χ0n) is 14.6. The number of anilines is 1. The van der Waals surface area contributed by atoms with Crippen LogP contribution in [-0.4, -0.2) is 40.9 Å². The molecule has 6 rings (SSSR count). The van der Waals surface area contributed by atoms with Crippen LogP contribution < -0.4 is 5.32 Å². The van der Waals surface area contributed by atoms with Crippen LogP contribution in [0, 0.1) is 17.8 Å². The summed E-state index contributed by atoms with van der Waals surface area (Å²) in [6.45, 7) is 2.06. The Hall–Kier alpha value is -2.31. The number of fused-ring (bicyclic) bond motifs is 3. The summed E-state index contributed by atoms with van der Waals surface area (Å²) in [6.07, 6.45) is 6.71. The van der Waals surface area contributed by atoms with Crippen LogP contribution in [0.15, 0.2) is 42.9 Å². The van der Waals surface area contributed by atoms with Crippen LogP contribution in [0.5, 0.6) is 0 Å². The Labute approximate surface area is 156 Å². The van der Waals surface area contributed by atoms with E-state index in [9.17, 15) is 4.79 Å². The average molecular weight is 364 g/mol. The third-order valence-electron chi connectivity index (χ3n) is 5.68. The fourth-order valence-corrected chi connectivity index (χ4v) is 5.26. The molecule has 5 nitrogen and oxygen atoms in total. The number of aromatic nitrogens is 2. The normalized spacial score (nSPS) is 25.0. The van der Waals surface area contributed by atoms with Crippen molar-refractivity contribution in [1.29, 1.82) is 0 Å². The van der Waals surface area contributed by atoms with Gasteiger partial charge in [-0.1, -0.05) is 23.5 Å². The maximum atomic E-state index is 12.7. The zero-order chi connectivity index (χ0) is 17.7. The summed E-state index contributed by atoms with van der Waals surface area (Å²) in [4.78, 5) is 24.6. The highest BCUT2D eigenvalue weighted by Crippen LogP contribution is 2.45. The number of rotatable bonds is 3. The van der Waals surface area contributed by atoms with Gasteiger partial charge in [-0.25, -0.2) is 4.98 Å². The van der Waals surface area contributed by atoms with Crippen molar-refractivity contribution >= 4 is 33.1 Å². The largest absolute Gasteiger partial charge is 0.306 e. The van der Waals surface area contributed by atoms with Crippen LogP contribution in [0.4, 0.5) is 5.13 Å². The van der Waals surface area contributed by atoms with Crippen molar-refractivity contribution in [2.75, 3.05) is 25.5 Å². The molecule has 6 heteroatoms. The summed E-state index contributed by atoms with van der Waals surface area (Å²) in [6, 6.07) is 8.30. The van der Waals surface area contributed by atoms with Gasteiger partial charge in [-0.3, -0.25) is 9.78 Å². The molecule has 2 aromatic heterocycles. The number of carbonyl (C=O) groups excluding carboxylic acids is 1. The summed E-state index contributed by atoms with van der Waals surface area (Å²) in [5.41, 5.74) is 1.11. The number of thiazole rings is 1. The van der Waals surface area contributed by atoms with Gasteiger partial charge < -0.3 is 10.2 Å². The van der Waals surface area contributed by atoms with Crippen molar-refractivity contribution in [3.63, 3.8) is 0 Å². The highest BCUT2D eigenvalue weighted by Gasteiger charge is 2.49. The minimum Gasteiger partial charge on any atom is -0.306 e. The minimum absolute atomic E-state index is 0.143. The second-order valence-electron chi connectivity index (χ2n) is 7.46. The first-order chi connectivity index (χ1) is 12.7. The van der Waals surface area contributed by atoms with Crippen molar-refractivity contribution in [3.05, 3.63) is 42.9 Å². The van der Waals surface area contributed by atoms with Crippen molar-refractivity contribution in [1.82, 2.24) is 14.9 Å². The van der Waals surface area contributed by atoms with E-state index in [-0.39, 0.29) is 11.8 Å². The topological polar surface area (TPSA) is 58.1 Å². The van der Waals surface area contributed by atoms with Gasteiger partial charge in [0.1, 0.15) is 0 Å². The molecule has 1 saturated carbocycles. The molecule has 26 heavy (non-hydrogen) atoms. The maximum absolute atomic E-state index is 12.7. The molecule has 2 aliphatic heterocycles. The van der Waals surface area contributed by atoms with E-state index in [2.05, 4.69) is 45.4 Å². The minimum atomic E-state index is 0.143. The number of nitrogens with zero attached hydrogens (tertiary/aromatic N) is 3. The lowest BCUT2D eigenvalue weighted by Gasteiger charge is -2.51. The molecule has 132 valence electrons. The van der Waals surface area contributed by atoms with Gasteiger partial charge in [0, 0.05) is 43.0 Å². The molecule has 2 bridgehead atoms. The molecule has 1 aliphatic carbocycles. The van der Waals surface area contributed by atoms with Gasteiger partial charge in [0.15, 0.2) is 5.13 Å². The van der Waals surface area contributed by atoms with Crippen LogP contribution in [0.3, 0.4) is 0 Å². The third kappa shape index (κ3) is 2.70. The predicted octanol–water partition coefficient (Wildman–Crippen LogP) is 3.49. The van der Waals surface area contributed by atoms with E-state index in [4.69, 9.17) is 0 Å². The van der Waals surface area contributed by atoms with Gasteiger partial charge >= 0.3 is 0 Å². The van der Waals surface area contributed by atoms with Crippen molar-refractivity contribution in [3.8, 4) is 10.4 Å². The lowest BCUT2D eigenvalue weighted by molar-refractivity contribution is -0.135. The number of piperidine rings is 2. The highest BCUT2D eigenvalue weighted by atomic mass is 32.1. The van der Waals surface area contributed by atoms with Crippen LogP contribution in [0.25, 0.3) is 21.2 Å². The molecule has 2 saturated heterocycles. The SMILES string of the molecule is CN1C[C@H]2C[C@@H](C1)C2C(=O)Nc1ncc(-c2ccc3cnccc3c2)s1. The van der Waals surface area contributed by atoms with Crippen molar-refractivity contribution in [2.24, 2.45) is 17.8 Å². The van der Waals surface area contributed by atoms with E-state index in [0.29, 0.717) is 17.0 Å². The molecule has 3 aromatic rings. The van der Waals surface area contributed by atoms with E-state index >= 15 is 0 Å². The van der Waals surface area contributed by atoms with Crippen LogP contribution >= 0.6 is 11.3 Å². The van der Waals surface area contributed by atoms with Gasteiger partial charge in [-0.15, -0.1) is 0 Å². The first-order valence-electron chi connectivity index (χ1n) is 8.97. The lowest BCUT2D eigenvalue weighted by Crippen LogP contribution is -2.57. The van der Waals surface area contributed by atoms with Gasteiger partial charge in [-0.2, -0.15) is 0 Å². The Morgan fingerprint density at radius 2 is 2.04 bits per heavy atom. The summed E-state index contributed by atoms with van der Waals surface area (Å²) in [5.74, 6) is 1.32. The van der Waals surface area contributed by atoms with Gasteiger partial charge in [0.2, 0.25) is 5.91 Å². The number of hydrogen-bond acceptors (Lipinski definition) is 5. The van der Waals surface area contributed by atoms with Crippen molar-refractivity contribution < 1.29 is 4.79 Å². The molecule has 1 N–H and O–H groups in total. The maximum Gasteiger partial charge on any atom is 0.229 e. The van der Waals surface area contributed by atoms with Crippen LogP contribution in [0.1, 0.15) is 6.42 Å². The van der Waals surface area contributed by atoms with E-state index < -0.39 is 0 Å². The summed E-state index contributed by atoms with van der Waals surface area (Å²) in [5, 5.41) is 6.02. The fraction of sp³-hybridized carbons (Fsp3) is 0.350. The Morgan fingerprint density at radius 1 is 1.19 bits per heavy atom. The molecule has 1 unspecified atom stereocenters. The first kappa shape index (κ1) is 15.9. The van der Waals surface area contributed by atoms with Crippen molar-refractivity contribution in [2.45, 2.75) is 6.42 Å². The number of pyridine rings is 1. The van der Waals surface area contributed by atoms with Gasteiger partial charge in [0.25, 0.3) is 0 Å². The predicted molar refractivity (Wildman–Crippen MR) is 104 cm³/mol. The Morgan fingerprint density at radius 3 is 2.88 bits per heavy atom. The number of amides is 1. The number of benzene rings is 1. The molecule has 3 fully saturated rings. The molecule has 0 radical (unpaired) electrons. The molecule has 4 heterocycles. The Bertz CT molecular complexity index is 973. The molecular formula is C20H20N4OS. The standard InChI is InChI=1S/C20H20N4OS/c1-24-10-15-7-16(11-24)18(15)19(25)23-20-22-9-17(26-20)13-2-3-14-8-21-5-4-12(14)6-13/h2-6,8-9,15-16,18H,7,10-11H2,1H3,(H,22,23,25)/t15-,16+,18?. The van der Waals surface area contributed by atoms with E-state index in [1.165, 1.54) is 17.8 Å². The monoisotopic (exact) mass is 364 g/mol.